The molecule has 5 nitrogen and oxygen atoms in total. The van der Waals surface area contributed by atoms with E-state index in [9.17, 15) is 4.79 Å². The molecule has 0 saturated carbocycles. The van der Waals surface area contributed by atoms with Crippen LogP contribution < -0.4 is 5.32 Å². The fraction of sp³-hybridized carbons (Fsp3) is 0.222. The third kappa shape index (κ3) is 4.53. The zero-order valence-corrected chi connectivity index (χ0v) is 14.4. The van der Waals surface area contributed by atoms with E-state index in [0.717, 1.165) is 16.1 Å². The first-order valence-corrected chi connectivity index (χ1v) is 8.65. The lowest BCUT2D eigenvalue weighted by Crippen LogP contribution is -2.34. The Kier molecular flexibility index (Phi) is 5.40. The van der Waals surface area contributed by atoms with Gasteiger partial charge in [-0.1, -0.05) is 24.3 Å². The second-order valence-corrected chi connectivity index (χ2v) is 6.69. The summed E-state index contributed by atoms with van der Waals surface area (Å²) in [6.07, 6.45) is 3.84. The average molecular weight is 340 g/mol. The Balaban J connectivity index is 1.49. The number of benzene rings is 1. The van der Waals surface area contributed by atoms with Gasteiger partial charge in [0.25, 0.3) is 0 Å². The first-order valence-electron chi connectivity index (χ1n) is 7.77. The van der Waals surface area contributed by atoms with Crippen molar-refractivity contribution < 1.29 is 4.79 Å². The summed E-state index contributed by atoms with van der Waals surface area (Å²) < 4.78 is 1.85. The molecule has 24 heavy (non-hydrogen) atoms. The number of carbonyl (C=O) groups excluding carboxylic acids is 1. The summed E-state index contributed by atoms with van der Waals surface area (Å²) in [5, 5.41) is 9.33. The summed E-state index contributed by atoms with van der Waals surface area (Å²) in [4.78, 5) is 15.1. The second-order valence-electron chi connectivity index (χ2n) is 5.66. The van der Waals surface area contributed by atoms with Crippen LogP contribution in [0.25, 0.3) is 5.69 Å². The van der Waals surface area contributed by atoms with Crippen molar-refractivity contribution >= 4 is 17.2 Å². The molecular formula is C18H20N4OS. The molecule has 0 aliphatic carbocycles. The monoisotopic (exact) mass is 340 g/mol. The molecule has 0 bridgehead atoms. The van der Waals surface area contributed by atoms with E-state index in [4.69, 9.17) is 0 Å². The first kappa shape index (κ1) is 16.4. The highest BCUT2D eigenvalue weighted by Crippen LogP contribution is 2.09. The van der Waals surface area contributed by atoms with Crippen LogP contribution in [0.5, 0.6) is 0 Å². The highest BCUT2D eigenvalue weighted by Gasteiger charge is 2.09. The summed E-state index contributed by atoms with van der Waals surface area (Å²) in [7, 11) is 1.94. The summed E-state index contributed by atoms with van der Waals surface area (Å²) in [6.45, 7) is 1.64. The van der Waals surface area contributed by atoms with Crippen LogP contribution in [0, 0.1) is 0 Å². The van der Waals surface area contributed by atoms with Crippen molar-refractivity contribution in [2.75, 3.05) is 13.6 Å². The van der Waals surface area contributed by atoms with E-state index in [1.54, 1.807) is 11.3 Å². The van der Waals surface area contributed by atoms with E-state index < -0.39 is 0 Å². The van der Waals surface area contributed by atoms with Crippen LogP contribution in [0.1, 0.15) is 10.4 Å². The number of carbonyl (C=O) groups is 1. The van der Waals surface area contributed by atoms with Crippen molar-refractivity contribution in [2.45, 2.75) is 13.1 Å². The quantitative estimate of drug-likeness (QED) is 0.719. The number of aromatic nitrogens is 2. The second kappa shape index (κ2) is 7.90. The van der Waals surface area contributed by atoms with Gasteiger partial charge in [0, 0.05) is 23.2 Å². The summed E-state index contributed by atoms with van der Waals surface area (Å²) >= 11 is 1.65. The van der Waals surface area contributed by atoms with Gasteiger partial charge in [-0.2, -0.15) is 5.10 Å². The summed E-state index contributed by atoms with van der Waals surface area (Å²) in [5.41, 5.74) is 2.10. The van der Waals surface area contributed by atoms with Gasteiger partial charge in [0.15, 0.2) is 0 Å². The van der Waals surface area contributed by atoms with Gasteiger partial charge in [0.05, 0.1) is 25.0 Å². The van der Waals surface area contributed by atoms with E-state index in [1.807, 2.05) is 76.9 Å². The largest absolute Gasteiger partial charge is 0.350 e. The van der Waals surface area contributed by atoms with Crippen LogP contribution in [0.15, 0.2) is 60.2 Å². The van der Waals surface area contributed by atoms with Gasteiger partial charge in [-0.05, 0) is 30.6 Å². The molecule has 3 rings (SSSR count). The maximum absolute atomic E-state index is 12.0. The minimum Gasteiger partial charge on any atom is -0.350 e. The van der Waals surface area contributed by atoms with Crippen LogP contribution in [0.3, 0.4) is 0 Å². The lowest BCUT2D eigenvalue weighted by Gasteiger charge is -2.15. The molecule has 0 radical (unpaired) electrons. The molecule has 0 unspecified atom stereocenters. The van der Waals surface area contributed by atoms with Crippen LogP contribution in [-0.2, 0) is 17.9 Å². The maximum Gasteiger partial charge on any atom is 0.234 e. The summed E-state index contributed by atoms with van der Waals surface area (Å²) in [5.74, 6) is 0.0290. The van der Waals surface area contributed by atoms with Crippen LogP contribution in [0.2, 0.25) is 0 Å². The maximum atomic E-state index is 12.0. The number of thiophene rings is 1. The van der Waals surface area contributed by atoms with Gasteiger partial charge in [-0.3, -0.25) is 9.69 Å². The van der Waals surface area contributed by atoms with Gasteiger partial charge < -0.3 is 5.32 Å². The molecule has 2 heterocycles. The lowest BCUT2D eigenvalue weighted by atomic mass is 10.3. The predicted octanol–water partition coefficient (Wildman–Crippen LogP) is 2.68. The molecule has 1 aromatic carbocycles. The molecule has 3 aromatic rings. The SMILES string of the molecule is CN(CC(=O)NCc1cccs1)Cc1cnn(-c2ccccc2)c1. The molecule has 6 heteroatoms. The molecule has 1 N–H and O–H groups in total. The topological polar surface area (TPSA) is 50.2 Å². The zero-order chi connectivity index (χ0) is 16.8. The standard InChI is InChI=1S/C18H20N4OS/c1-21(14-18(23)19-11-17-8-5-9-24-17)12-15-10-20-22(13-15)16-6-3-2-4-7-16/h2-10,13H,11-12,14H2,1H3,(H,19,23). The van der Waals surface area contributed by atoms with Gasteiger partial charge in [0.1, 0.15) is 0 Å². The van der Waals surface area contributed by atoms with E-state index in [1.165, 1.54) is 0 Å². The minimum absolute atomic E-state index is 0.0290. The summed E-state index contributed by atoms with van der Waals surface area (Å²) in [6, 6.07) is 14.0. The van der Waals surface area contributed by atoms with Gasteiger partial charge in [-0.15, -0.1) is 11.3 Å². The highest BCUT2D eigenvalue weighted by atomic mass is 32.1. The first-order chi connectivity index (χ1) is 11.7. The fourth-order valence-electron chi connectivity index (χ4n) is 2.43. The molecular weight excluding hydrogens is 320 g/mol. The highest BCUT2D eigenvalue weighted by molar-refractivity contribution is 7.09. The van der Waals surface area contributed by atoms with Crippen molar-refractivity contribution in [2.24, 2.45) is 0 Å². The number of nitrogens with zero attached hydrogens (tertiary/aromatic N) is 3. The Morgan fingerprint density at radius 2 is 2.08 bits per heavy atom. The van der Waals surface area contributed by atoms with Crippen molar-refractivity contribution in [1.29, 1.82) is 0 Å². The smallest absolute Gasteiger partial charge is 0.234 e. The van der Waals surface area contributed by atoms with Gasteiger partial charge in [-0.25, -0.2) is 4.68 Å². The number of hydrogen-bond acceptors (Lipinski definition) is 4. The average Bonchev–Trinajstić information content (AvgIpc) is 3.25. The predicted molar refractivity (Wildman–Crippen MR) is 96.1 cm³/mol. The van der Waals surface area contributed by atoms with Crippen LogP contribution in [-0.4, -0.2) is 34.2 Å². The number of para-hydroxylation sites is 1. The van der Waals surface area contributed by atoms with Gasteiger partial charge >= 0.3 is 0 Å². The Hall–Kier alpha value is -2.44. The van der Waals surface area contributed by atoms with Crippen molar-refractivity contribution in [3.8, 4) is 5.69 Å². The molecule has 0 atom stereocenters. The fourth-order valence-corrected chi connectivity index (χ4v) is 3.08. The van der Waals surface area contributed by atoms with Crippen molar-refractivity contribution in [1.82, 2.24) is 20.0 Å². The Morgan fingerprint density at radius 3 is 2.83 bits per heavy atom. The lowest BCUT2D eigenvalue weighted by molar-refractivity contribution is -0.122. The Bertz CT molecular complexity index is 767. The van der Waals surface area contributed by atoms with E-state index in [0.29, 0.717) is 19.6 Å². The van der Waals surface area contributed by atoms with E-state index in [-0.39, 0.29) is 5.91 Å². The van der Waals surface area contributed by atoms with Crippen LogP contribution >= 0.6 is 11.3 Å². The molecule has 124 valence electrons. The van der Waals surface area contributed by atoms with Crippen LogP contribution in [0.4, 0.5) is 0 Å². The molecule has 0 spiro atoms. The number of nitrogens with one attached hydrogen (secondary N) is 1. The molecule has 2 aromatic heterocycles. The molecule has 1 amide bonds. The van der Waals surface area contributed by atoms with E-state index in [2.05, 4.69) is 10.4 Å². The Morgan fingerprint density at radius 1 is 1.25 bits per heavy atom. The molecule has 0 saturated heterocycles. The number of amides is 1. The van der Waals surface area contributed by atoms with E-state index >= 15 is 0 Å². The van der Waals surface area contributed by atoms with Crippen molar-refractivity contribution in [3.05, 3.63) is 70.7 Å². The minimum atomic E-state index is 0.0290. The van der Waals surface area contributed by atoms with Crippen molar-refractivity contribution in [3.63, 3.8) is 0 Å². The number of rotatable bonds is 7. The Labute approximate surface area is 145 Å². The van der Waals surface area contributed by atoms with Gasteiger partial charge in [0.2, 0.25) is 5.91 Å². The third-order valence-corrected chi connectivity index (χ3v) is 4.44. The number of likely N-dealkylation sites (N-methyl/N-ethyl adjacent to an activating group) is 1. The zero-order valence-electron chi connectivity index (χ0n) is 13.6. The molecule has 0 aliphatic heterocycles. The normalized spacial score (nSPS) is 10.9. The molecule has 0 fully saturated rings. The third-order valence-electron chi connectivity index (χ3n) is 3.56. The molecule has 0 aliphatic rings. The number of hydrogen-bond donors (Lipinski definition) is 1.